The highest BCUT2D eigenvalue weighted by atomic mass is 16.3. The molecule has 0 aliphatic carbocycles. The maximum absolute atomic E-state index is 6.55. The SMILES string of the molecule is c1ccc(-c2c3ccccc3c(-c3ccccc3-c3cccc4ccccc34)c3cc(-c4cccc5c4oc4ccccc45)ccc23)cc1. The molecule has 1 aromatic heterocycles. The monoisotopic (exact) mass is 622 g/mol. The van der Waals surface area contributed by atoms with Crippen molar-refractivity contribution in [1.82, 2.24) is 0 Å². The first kappa shape index (κ1) is 27.7. The van der Waals surface area contributed by atoms with Crippen LogP contribution >= 0.6 is 0 Å². The number of hydrogen-bond donors (Lipinski definition) is 0. The molecule has 0 fully saturated rings. The van der Waals surface area contributed by atoms with Gasteiger partial charge < -0.3 is 4.42 Å². The normalized spacial score (nSPS) is 11.7. The molecule has 0 aliphatic heterocycles. The van der Waals surface area contributed by atoms with Gasteiger partial charge in [-0.1, -0.05) is 170 Å². The van der Waals surface area contributed by atoms with E-state index in [1.54, 1.807) is 0 Å². The van der Waals surface area contributed by atoms with Crippen molar-refractivity contribution >= 4 is 54.3 Å². The number of hydrogen-bond acceptors (Lipinski definition) is 1. The van der Waals surface area contributed by atoms with Crippen LogP contribution in [0.3, 0.4) is 0 Å². The van der Waals surface area contributed by atoms with Crippen LogP contribution in [0.5, 0.6) is 0 Å². The summed E-state index contributed by atoms with van der Waals surface area (Å²) in [5.74, 6) is 0. The first-order chi connectivity index (χ1) is 24.3. The van der Waals surface area contributed by atoms with Gasteiger partial charge in [-0.25, -0.2) is 0 Å². The van der Waals surface area contributed by atoms with Crippen LogP contribution in [0.1, 0.15) is 0 Å². The molecule has 0 saturated heterocycles. The molecule has 1 heterocycles. The summed E-state index contributed by atoms with van der Waals surface area (Å²) in [5.41, 5.74) is 11.5. The molecule has 228 valence electrons. The van der Waals surface area contributed by atoms with Crippen LogP contribution in [0.25, 0.3) is 98.8 Å². The molecule has 49 heavy (non-hydrogen) atoms. The van der Waals surface area contributed by atoms with E-state index in [9.17, 15) is 0 Å². The molecular weight excluding hydrogens is 593 g/mol. The molecule has 10 aromatic rings. The zero-order valence-corrected chi connectivity index (χ0v) is 26.7. The Kier molecular flexibility index (Phi) is 6.25. The summed E-state index contributed by atoms with van der Waals surface area (Å²) in [5, 5.41) is 9.70. The zero-order chi connectivity index (χ0) is 32.3. The van der Waals surface area contributed by atoms with Crippen molar-refractivity contribution < 1.29 is 4.42 Å². The Balaban J connectivity index is 1.34. The second kappa shape index (κ2) is 11.1. The van der Waals surface area contributed by atoms with Gasteiger partial charge in [-0.3, -0.25) is 0 Å². The molecule has 0 radical (unpaired) electrons. The topological polar surface area (TPSA) is 13.1 Å². The molecule has 9 aromatic carbocycles. The average Bonchev–Trinajstić information content (AvgIpc) is 3.56. The van der Waals surface area contributed by atoms with Gasteiger partial charge in [-0.2, -0.15) is 0 Å². The highest BCUT2D eigenvalue weighted by molar-refractivity contribution is 6.23. The Hall–Kier alpha value is -6.44. The van der Waals surface area contributed by atoms with Crippen LogP contribution in [0.15, 0.2) is 186 Å². The first-order valence-corrected chi connectivity index (χ1v) is 16.9. The lowest BCUT2D eigenvalue weighted by Gasteiger charge is -2.21. The fraction of sp³-hybridized carbons (Fsp3) is 0. The van der Waals surface area contributed by atoms with Gasteiger partial charge in [-0.15, -0.1) is 0 Å². The van der Waals surface area contributed by atoms with Crippen LogP contribution < -0.4 is 0 Å². The molecule has 0 aliphatic rings. The second-order valence-electron chi connectivity index (χ2n) is 12.8. The maximum atomic E-state index is 6.55. The van der Waals surface area contributed by atoms with Crippen LogP contribution in [-0.4, -0.2) is 0 Å². The first-order valence-electron chi connectivity index (χ1n) is 16.9. The largest absolute Gasteiger partial charge is 0.455 e. The van der Waals surface area contributed by atoms with E-state index < -0.39 is 0 Å². The van der Waals surface area contributed by atoms with Gasteiger partial charge in [0.05, 0.1) is 0 Å². The van der Waals surface area contributed by atoms with Gasteiger partial charge in [0, 0.05) is 16.3 Å². The smallest absolute Gasteiger partial charge is 0.143 e. The van der Waals surface area contributed by atoms with Gasteiger partial charge >= 0.3 is 0 Å². The maximum Gasteiger partial charge on any atom is 0.143 e. The van der Waals surface area contributed by atoms with Crippen molar-refractivity contribution in [3.8, 4) is 44.5 Å². The minimum Gasteiger partial charge on any atom is -0.455 e. The third kappa shape index (κ3) is 4.33. The fourth-order valence-corrected chi connectivity index (χ4v) is 7.92. The Bertz CT molecular complexity index is 2870. The lowest BCUT2D eigenvalue weighted by Crippen LogP contribution is -1.94. The molecule has 0 N–H and O–H groups in total. The summed E-state index contributed by atoms with van der Waals surface area (Å²) in [4.78, 5) is 0. The number of para-hydroxylation sites is 2. The fourth-order valence-electron chi connectivity index (χ4n) is 7.92. The van der Waals surface area contributed by atoms with Crippen LogP contribution in [0, 0.1) is 0 Å². The molecule has 0 atom stereocenters. The third-order valence-electron chi connectivity index (χ3n) is 10.1. The molecule has 0 unspecified atom stereocenters. The quantitative estimate of drug-likeness (QED) is 0.178. The highest BCUT2D eigenvalue weighted by Gasteiger charge is 2.21. The standard InChI is InChI=1S/C48H30O/c1-2-15-32(16-3-1)46-40-22-8-9-23-41(40)47(39-21-7-6-19-37(39)36-25-12-17-31-14-4-5-18-34(31)36)44-30-33(28-29-42(44)46)35-24-13-26-43-38-20-10-11-27-45(38)49-48(35)43/h1-30H. The summed E-state index contributed by atoms with van der Waals surface area (Å²) < 4.78 is 6.55. The zero-order valence-electron chi connectivity index (χ0n) is 26.7. The number of benzene rings is 9. The van der Waals surface area contributed by atoms with E-state index in [1.165, 1.54) is 65.7 Å². The van der Waals surface area contributed by atoms with Crippen LogP contribution in [0.2, 0.25) is 0 Å². The van der Waals surface area contributed by atoms with E-state index in [-0.39, 0.29) is 0 Å². The van der Waals surface area contributed by atoms with E-state index in [0.29, 0.717) is 0 Å². The number of fused-ring (bicyclic) bond motifs is 6. The van der Waals surface area contributed by atoms with Crippen LogP contribution in [0.4, 0.5) is 0 Å². The van der Waals surface area contributed by atoms with Crippen molar-refractivity contribution in [3.05, 3.63) is 182 Å². The van der Waals surface area contributed by atoms with E-state index >= 15 is 0 Å². The molecule has 1 nitrogen and oxygen atoms in total. The minimum absolute atomic E-state index is 0.910. The summed E-state index contributed by atoms with van der Waals surface area (Å²) in [6, 6.07) is 65.8. The molecule has 0 saturated carbocycles. The molecule has 0 bridgehead atoms. The van der Waals surface area contributed by atoms with Crippen molar-refractivity contribution in [2.45, 2.75) is 0 Å². The minimum atomic E-state index is 0.910. The summed E-state index contributed by atoms with van der Waals surface area (Å²) in [6.45, 7) is 0. The van der Waals surface area contributed by atoms with Gasteiger partial charge in [-0.05, 0) is 83.4 Å². The molecular formula is C48H30O. The Morgan fingerprint density at radius 2 is 0.857 bits per heavy atom. The Labute approximate surface area is 284 Å². The highest BCUT2D eigenvalue weighted by Crippen LogP contribution is 2.48. The van der Waals surface area contributed by atoms with E-state index in [0.717, 1.165) is 33.1 Å². The van der Waals surface area contributed by atoms with Gasteiger partial charge in [0.2, 0.25) is 0 Å². The summed E-state index contributed by atoms with van der Waals surface area (Å²) in [6.07, 6.45) is 0. The van der Waals surface area contributed by atoms with Crippen molar-refractivity contribution in [2.24, 2.45) is 0 Å². The Morgan fingerprint density at radius 1 is 0.286 bits per heavy atom. The predicted octanol–water partition coefficient (Wildman–Crippen LogP) is 13.7. The molecule has 1 heteroatoms. The number of furan rings is 1. The van der Waals surface area contributed by atoms with E-state index in [2.05, 4.69) is 176 Å². The van der Waals surface area contributed by atoms with Gasteiger partial charge in [0.25, 0.3) is 0 Å². The average molecular weight is 623 g/mol. The van der Waals surface area contributed by atoms with E-state index in [1.807, 2.05) is 6.07 Å². The van der Waals surface area contributed by atoms with Crippen molar-refractivity contribution in [2.75, 3.05) is 0 Å². The van der Waals surface area contributed by atoms with Crippen LogP contribution in [-0.2, 0) is 0 Å². The van der Waals surface area contributed by atoms with Crippen molar-refractivity contribution in [3.63, 3.8) is 0 Å². The van der Waals surface area contributed by atoms with E-state index in [4.69, 9.17) is 4.42 Å². The molecule has 0 spiro atoms. The summed E-state index contributed by atoms with van der Waals surface area (Å²) in [7, 11) is 0. The van der Waals surface area contributed by atoms with Crippen molar-refractivity contribution in [1.29, 1.82) is 0 Å². The van der Waals surface area contributed by atoms with Gasteiger partial charge in [0.1, 0.15) is 11.2 Å². The molecule has 10 rings (SSSR count). The predicted molar refractivity (Wildman–Crippen MR) is 208 cm³/mol. The lowest BCUT2D eigenvalue weighted by atomic mass is 9.82. The third-order valence-corrected chi connectivity index (χ3v) is 10.1. The number of rotatable bonds is 4. The van der Waals surface area contributed by atoms with Gasteiger partial charge in [0.15, 0.2) is 0 Å². The Morgan fingerprint density at radius 3 is 1.71 bits per heavy atom. The second-order valence-corrected chi connectivity index (χ2v) is 12.8. The molecule has 0 amide bonds. The summed E-state index contributed by atoms with van der Waals surface area (Å²) >= 11 is 0. The lowest BCUT2D eigenvalue weighted by molar-refractivity contribution is 0.670.